The summed E-state index contributed by atoms with van der Waals surface area (Å²) >= 11 is 12.1. The van der Waals surface area contributed by atoms with Crippen LogP contribution < -0.4 is 5.32 Å². The van der Waals surface area contributed by atoms with Crippen molar-refractivity contribution in [2.24, 2.45) is 0 Å². The van der Waals surface area contributed by atoms with Crippen molar-refractivity contribution in [3.63, 3.8) is 0 Å². The summed E-state index contributed by atoms with van der Waals surface area (Å²) in [6.45, 7) is 2.77. The number of nitrogens with zero attached hydrogens (tertiary/aromatic N) is 1. The molecule has 0 fully saturated rings. The number of nitrogens with two attached hydrogens (primary N) is 1. The third kappa shape index (κ3) is 3.94. The van der Waals surface area contributed by atoms with Crippen molar-refractivity contribution in [1.29, 1.82) is 0 Å². The number of aromatic nitrogens is 1. The average molecular weight is 348 g/mol. The molecule has 0 aliphatic heterocycles. The number of halogens is 2. The van der Waals surface area contributed by atoms with Crippen molar-refractivity contribution in [3.8, 4) is 11.3 Å². The lowest BCUT2D eigenvalue weighted by Crippen LogP contribution is -2.83. The van der Waals surface area contributed by atoms with E-state index < -0.39 is 0 Å². The number of hydrogen-bond acceptors (Lipinski definition) is 2. The molecule has 0 amide bonds. The predicted molar refractivity (Wildman–Crippen MR) is 92.4 cm³/mol. The quantitative estimate of drug-likeness (QED) is 0.739. The second kappa shape index (κ2) is 7.18. The first-order chi connectivity index (χ1) is 11.1. The summed E-state index contributed by atoms with van der Waals surface area (Å²) < 4.78 is 5.81. The molecule has 0 radical (unpaired) electrons. The molecule has 0 bridgehead atoms. The fourth-order valence-corrected chi connectivity index (χ4v) is 2.83. The third-order valence-electron chi connectivity index (χ3n) is 3.72. The maximum Gasteiger partial charge on any atom is 0.250 e. The van der Waals surface area contributed by atoms with Crippen LogP contribution in [-0.2, 0) is 6.54 Å². The van der Waals surface area contributed by atoms with Gasteiger partial charge in [-0.25, -0.2) is 4.98 Å². The van der Waals surface area contributed by atoms with Gasteiger partial charge in [-0.2, -0.15) is 0 Å². The summed E-state index contributed by atoms with van der Waals surface area (Å²) in [4.78, 5) is 4.34. The Bertz CT molecular complexity index is 784. The lowest BCUT2D eigenvalue weighted by molar-refractivity contribution is -0.709. The summed E-state index contributed by atoms with van der Waals surface area (Å²) in [5.74, 6) is 1.43. The first-order valence-electron chi connectivity index (χ1n) is 7.42. The Kier molecular flexibility index (Phi) is 5.01. The molecule has 2 aromatic carbocycles. The van der Waals surface area contributed by atoms with Crippen LogP contribution in [0.2, 0.25) is 10.0 Å². The average Bonchev–Trinajstić information content (AvgIpc) is 3.03. The topological polar surface area (TPSA) is 42.6 Å². The van der Waals surface area contributed by atoms with E-state index in [4.69, 9.17) is 27.6 Å². The van der Waals surface area contributed by atoms with E-state index in [-0.39, 0.29) is 6.04 Å². The number of hydrogen-bond donors (Lipinski definition) is 1. The minimum atomic E-state index is 0.231. The van der Waals surface area contributed by atoms with Gasteiger partial charge in [-0.05, 0) is 37.3 Å². The lowest BCUT2D eigenvalue weighted by atomic mass is 10.1. The van der Waals surface area contributed by atoms with Crippen molar-refractivity contribution in [3.05, 3.63) is 76.2 Å². The molecule has 1 aromatic heterocycles. The summed E-state index contributed by atoms with van der Waals surface area (Å²) in [6.07, 6.45) is 1.74. The molecule has 0 aliphatic rings. The van der Waals surface area contributed by atoms with Gasteiger partial charge >= 0.3 is 0 Å². The molecule has 0 saturated heterocycles. The first-order valence-corrected chi connectivity index (χ1v) is 8.17. The van der Waals surface area contributed by atoms with Crippen molar-refractivity contribution < 1.29 is 9.73 Å². The van der Waals surface area contributed by atoms with Crippen molar-refractivity contribution in [1.82, 2.24) is 4.98 Å². The van der Waals surface area contributed by atoms with E-state index in [1.807, 2.05) is 48.5 Å². The molecular weight excluding hydrogens is 331 g/mol. The van der Waals surface area contributed by atoms with Gasteiger partial charge in [0.15, 0.2) is 12.3 Å². The maximum absolute atomic E-state index is 6.23. The zero-order chi connectivity index (χ0) is 16.2. The minimum absolute atomic E-state index is 0.231. The summed E-state index contributed by atoms with van der Waals surface area (Å²) in [7, 11) is 0. The third-order valence-corrected chi connectivity index (χ3v) is 4.32. The van der Waals surface area contributed by atoms with Gasteiger partial charge in [0.1, 0.15) is 6.04 Å². The second-order valence-corrected chi connectivity index (χ2v) is 6.22. The van der Waals surface area contributed by atoms with E-state index in [0.717, 1.165) is 21.9 Å². The van der Waals surface area contributed by atoms with Gasteiger partial charge in [0.05, 0.1) is 6.20 Å². The maximum atomic E-state index is 6.23. The Balaban J connectivity index is 1.65. The fraction of sp³-hybridized carbons (Fsp3) is 0.167. The largest absolute Gasteiger partial charge is 0.435 e. The molecule has 0 unspecified atom stereocenters. The normalized spacial score (nSPS) is 12.3. The van der Waals surface area contributed by atoms with Crippen molar-refractivity contribution >= 4 is 23.2 Å². The van der Waals surface area contributed by atoms with Crippen LogP contribution >= 0.6 is 23.2 Å². The molecule has 1 atom stereocenters. The van der Waals surface area contributed by atoms with Crippen LogP contribution in [0.3, 0.4) is 0 Å². The van der Waals surface area contributed by atoms with Crippen LogP contribution in [0.4, 0.5) is 0 Å². The molecule has 0 saturated carbocycles. The monoisotopic (exact) mass is 347 g/mol. The fourth-order valence-electron chi connectivity index (χ4n) is 2.40. The van der Waals surface area contributed by atoms with Gasteiger partial charge in [-0.1, -0.05) is 41.4 Å². The molecule has 0 aliphatic carbocycles. The number of quaternary nitrogens is 1. The highest BCUT2D eigenvalue weighted by molar-refractivity contribution is 6.31. The zero-order valence-electron chi connectivity index (χ0n) is 12.7. The van der Waals surface area contributed by atoms with E-state index >= 15 is 0 Å². The molecule has 3 nitrogen and oxygen atoms in total. The number of benzene rings is 2. The number of rotatable bonds is 5. The van der Waals surface area contributed by atoms with Gasteiger partial charge in [0.2, 0.25) is 0 Å². The number of oxazole rings is 1. The molecule has 3 rings (SSSR count). The lowest BCUT2D eigenvalue weighted by Gasteiger charge is -2.11. The smallest absolute Gasteiger partial charge is 0.250 e. The van der Waals surface area contributed by atoms with E-state index in [2.05, 4.69) is 17.2 Å². The summed E-state index contributed by atoms with van der Waals surface area (Å²) in [6, 6.07) is 15.6. The molecule has 3 aromatic rings. The highest BCUT2D eigenvalue weighted by atomic mass is 35.5. The van der Waals surface area contributed by atoms with E-state index in [1.165, 1.54) is 0 Å². The Hall–Kier alpha value is -1.81. The van der Waals surface area contributed by atoms with Gasteiger partial charge < -0.3 is 9.73 Å². The first kappa shape index (κ1) is 16.1. The highest BCUT2D eigenvalue weighted by Crippen LogP contribution is 2.22. The van der Waals surface area contributed by atoms with Gasteiger partial charge in [0.25, 0.3) is 5.89 Å². The van der Waals surface area contributed by atoms with E-state index in [9.17, 15) is 0 Å². The predicted octanol–water partition coefficient (Wildman–Crippen LogP) is 4.47. The zero-order valence-corrected chi connectivity index (χ0v) is 14.2. The van der Waals surface area contributed by atoms with E-state index in [0.29, 0.717) is 17.5 Å². The van der Waals surface area contributed by atoms with Crippen LogP contribution in [0.15, 0.2) is 59.1 Å². The van der Waals surface area contributed by atoms with Gasteiger partial charge in [-0.15, -0.1) is 0 Å². The minimum Gasteiger partial charge on any atom is -0.435 e. The van der Waals surface area contributed by atoms with Crippen molar-refractivity contribution in [2.75, 3.05) is 0 Å². The Morgan fingerprint density at radius 1 is 1.09 bits per heavy atom. The Labute approximate surface area is 145 Å². The molecule has 118 valence electrons. The molecule has 1 heterocycles. The van der Waals surface area contributed by atoms with Crippen LogP contribution in [0.25, 0.3) is 11.3 Å². The van der Waals surface area contributed by atoms with Gasteiger partial charge in [0, 0.05) is 21.2 Å². The highest BCUT2D eigenvalue weighted by Gasteiger charge is 2.14. The van der Waals surface area contributed by atoms with Crippen LogP contribution in [-0.4, -0.2) is 4.98 Å². The van der Waals surface area contributed by atoms with Crippen LogP contribution in [0, 0.1) is 0 Å². The molecule has 2 N–H and O–H groups in total. The SMILES string of the molecule is C[C@H]([NH2+]Cc1ncc(-c2ccc(Cl)cc2)o1)c1ccccc1Cl. The van der Waals surface area contributed by atoms with E-state index in [1.54, 1.807) is 6.20 Å². The molecule has 0 spiro atoms. The summed E-state index contributed by atoms with van der Waals surface area (Å²) in [5, 5.41) is 3.64. The van der Waals surface area contributed by atoms with Crippen LogP contribution in [0.5, 0.6) is 0 Å². The molecular formula is C18H17Cl2N2O+. The Morgan fingerprint density at radius 3 is 2.57 bits per heavy atom. The van der Waals surface area contributed by atoms with Crippen LogP contribution in [0.1, 0.15) is 24.4 Å². The Morgan fingerprint density at radius 2 is 1.83 bits per heavy atom. The summed E-state index contributed by atoms with van der Waals surface area (Å²) in [5.41, 5.74) is 2.07. The van der Waals surface area contributed by atoms with Gasteiger partial charge in [-0.3, -0.25) is 0 Å². The molecule has 5 heteroatoms. The second-order valence-electron chi connectivity index (χ2n) is 5.38. The standard InChI is InChI=1S/C18H16Cl2N2O/c1-12(15-4-2-3-5-16(15)20)21-11-18-22-10-17(23-18)13-6-8-14(19)9-7-13/h2-10,12,21H,11H2,1H3/p+1/t12-/m0/s1. The molecule has 23 heavy (non-hydrogen) atoms. The van der Waals surface area contributed by atoms with Crippen molar-refractivity contribution in [2.45, 2.75) is 19.5 Å².